The van der Waals surface area contributed by atoms with Crippen molar-refractivity contribution in [1.29, 1.82) is 0 Å². The fourth-order valence-corrected chi connectivity index (χ4v) is 3.73. The van der Waals surface area contributed by atoms with Crippen LogP contribution < -0.4 is 4.74 Å². The zero-order chi connectivity index (χ0) is 28.1. The molecule has 8 nitrogen and oxygen atoms in total. The Balaban J connectivity index is 1.79. The van der Waals surface area contributed by atoms with Crippen molar-refractivity contribution in [3.63, 3.8) is 0 Å². The van der Waals surface area contributed by atoms with Crippen LogP contribution in [0, 0.1) is 0 Å². The first-order valence-corrected chi connectivity index (χ1v) is 15.0. The molecule has 0 heterocycles. The summed E-state index contributed by atoms with van der Waals surface area (Å²) in [5.41, 5.74) is 1.38. The molecule has 0 aliphatic carbocycles. The van der Waals surface area contributed by atoms with Crippen molar-refractivity contribution in [2.24, 2.45) is 0 Å². The van der Waals surface area contributed by atoms with E-state index < -0.39 is 0 Å². The summed E-state index contributed by atoms with van der Waals surface area (Å²) in [5.74, 6) is 0.707. The topological polar surface area (TPSA) is 81.7 Å². The Bertz CT molecular complexity index is 652. The van der Waals surface area contributed by atoms with Crippen LogP contribution in [0.3, 0.4) is 0 Å². The molecule has 0 unspecified atom stereocenters. The van der Waals surface area contributed by atoms with Crippen LogP contribution in [0.1, 0.15) is 77.2 Å². The lowest BCUT2D eigenvalue weighted by Gasteiger charge is -2.09. The van der Waals surface area contributed by atoms with E-state index in [9.17, 15) is 4.79 Å². The molecule has 0 N–H and O–H groups in total. The Morgan fingerprint density at radius 3 is 1.51 bits per heavy atom. The number of rotatable bonds is 29. The molecule has 0 aliphatic rings. The number of unbranched alkanes of at least 4 members (excludes halogenated alkanes) is 6. The third-order valence-corrected chi connectivity index (χ3v) is 5.92. The molecule has 0 fully saturated rings. The molecule has 1 rings (SSSR count). The maximum Gasteiger partial charge on any atom is 0.305 e. The van der Waals surface area contributed by atoms with Crippen LogP contribution in [0.4, 0.5) is 0 Å². The molecule has 226 valence electrons. The number of aryl methyl sites for hydroxylation is 1. The number of ether oxygens (including phenoxy) is 7. The van der Waals surface area contributed by atoms with Gasteiger partial charge in [-0.05, 0) is 37.0 Å². The second-order valence-corrected chi connectivity index (χ2v) is 9.40. The minimum absolute atomic E-state index is 0.179. The van der Waals surface area contributed by atoms with E-state index in [1.165, 1.54) is 50.5 Å². The van der Waals surface area contributed by atoms with Crippen LogP contribution in [0.2, 0.25) is 0 Å². The number of hydrogen-bond acceptors (Lipinski definition) is 8. The average molecular weight is 555 g/mol. The minimum Gasteiger partial charge on any atom is -0.491 e. The highest BCUT2D eigenvalue weighted by molar-refractivity contribution is 5.69. The Labute approximate surface area is 237 Å². The monoisotopic (exact) mass is 554 g/mol. The number of carbonyl (C=O) groups excluding carboxylic acids is 1. The van der Waals surface area contributed by atoms with E-state index >= 15 is 0 Å². The Morgan fingerprint density at radius 1 is 0.538 bits per heavy atom. The molecule has 0 saturated carbocycles. The lowest BCUT2D eigenvalue weighted by molar-refractivity contribution is -0.145. The van der Waals surface area contributed by atoms with Gasteiger partial charge in [0, 0.05) is 6.42 Å². The summed E-state index contributed by atoms with van der Waals surface area (Å²) in [7, 11) is 0. The highest BCUT2D eigenvalue weighted by atomic mass is 16.6. The Morgan fingerprint density at radius 2 is 1.00 bits per heavy atom. The zero-order valence-electron chi connectivity index (χ0n) is 24.6. The van der Waals surface area contributed by atoms with Crippen molar-refractivity contribution in [1.82, 2.24) is 0 Å². The van der Waals surface area contributed by atoms with Crippen LogP contribution >= 0.6 is 0 Å². The second kappa shape index (κ2) is 27.8. The number of benzene rings is 1. The lowest BCUT2D eigenvalue weighted by atomic mass is 10.0. The summed E-state index contributed by atoms with van der Waals surface area (Å²) >= 11 is 0. The van der Waals surface area contributed by atoms with Crippen molar-refractivity contribution >= 4 is 5.97 Å². The van der Waals surface area contributed by atoms with Gasteiger partial charge in [-0.2, -0.15) is 0 Å². The van der Waals surface area contributed by atoms with E-state index in [4.69, 9.17) is 33.2 Å². The molecule has 0 saturated heterocycles. The second-order valence-electron chi connectivity index (χ2n) is 9.40. The van der Waals surface area contributed by atoms with Gasteiger partial charge in [0.2, 0.25) is 0 Å². The summed E-state index contributed by atoms with van der Waals surface area (Å²) in [5, 5.41) is 0. The minimum atomic E-state index is -0.179. The number of esters is 1. The Hall–Kier alpha value is -1.71. The summed E-state index contributed by atoms with van der Waals surface area (Å²) < 4.78 is 38.1. The first-order chi connectivity index (χ1) is 19.3. The standard InChI is InChI=1S/C31H54O8/c1-3-5-6-7-8-9-10-12-29-13-15-30(16-14-29)38-27-25-36-23-21-34-19-17-33-18-20-35-22-24-37-26-28-39-31(32)11-4-2/h13-16H,3-12,17-28H2,1-2H3. The van der Waals surface area contributed by atoms with Crippen molar-refractivity contribution in [2.75, 3.05) is 79.3 Å². The molecule has 0 aromatic heterocycles. The average Bonchev–Trinajstić information content (AvgIpc) is 2.94. The normalized spacial score (nSPS) is 11.1. The third-order valence-electron chi connectivity index (χ3n) is 5.92. The SMILES string of the molecule is CCCCCCCCCc1ccc(OCCOCCOCCOCCOCCOCCOC(=O)CCC)cc1. The molecule has 0 atom stereocenters. The number of carbonyl (C=O) groups is 1. The third kappa shape index (κ3) is 23.9. The maximum absolute atomic E-state index is 11.2. The van der Waals surface area contributed by atoms with Gasteiger partial charge in [0.25, 0.3) is 0 Å². The van der Waals surface area contributed by atoms with Gasteiger partial charge in [0.15, 0.2) is 0 Å². The molecule has 8 heteroatoms. The van der Waals surface area contributed by atoms with Gasteiger partial charge in [0.1, 0.15) is 19.0 Å². The van der Waals surface area contributed by atoms with Gasteiger partial charge in [0.05, 0.1) is 66.1 Å². The predicted molar refractivity (Wildman–Crippen MR) is 154 cm³/mol. The molecule has 0 aliphatic heterocycles. The fraction of sp³-hybridized carbons (Fsp3) is 0.774. The molecular formula is C31H54O8. The maximum atomic E-state index is 11.2. The van der Waals surface area contributed by atoms with Crippen molar-refractivity contribution in [3.05, 3.63) is 29.8 Å². The van der Waals surface area contributed by atoms with Gasteiger partial charge >= 0.3 is 5.97 Å². The van der Waals surface area contributed by atoms with E-state index in [1.807, 2.05) is 6.92 Å². The van der Waals surface area contributed by atoms with Gasteiger partial charge in [-0.25, -0.2) is 0 Å². The zero-order valence-corrected chi connectivity index (χ0v) is 24.6. The van der Waals surface area contributed by atoms with Crippen LogP contribution in [0.15, 0.2) is 24.3 Å². The van der Waals surface area contributed by atoms with E-state index in [0.717, 1.165) is 18.6 Å². The Kier molecular flexibility index (Phi) is 25.2. The first-order valence-electron chi connectivity index (χ1n) is 15.0. The van der Waals surface area contributed by atoms with E-state index in [1.54, 1.807) is 0 Å². The van der Waals surface area contributed by atoms with E-state index in [0.29, 0.717) is 79.1 Å². The predicted octanol–water partition coefficient (Wildman–Crippen LogP) is 5.78. The van der Waals surface area contributed by atoms with Crippen LogP contribution in [0.25, 0.3) is 0 Å². The van der Waals surface area contributed by atoms with Gasteiger partial charge < -0.3 is 33.2 Å². The molecule has 0 radical (unpaired) electrons. The van der Waals surface area contributed by atoms with Crippen LogP contribution in [0.5, 0.6) is 5.75 Å². The van der Waals surface area contributed by atoms with Gasteiger partial charge in [-0.3, -0.25) is 4.79 Å². The molecule has 1 aromatic carbocycles. The summed E-state index contributed by atoms with van der Waals surface area (Å²) in [4.78, 5) is 11.2. The van der Waals surface area contributed by atoms with Crippen molar-refractivity contribution < 1.29 is 38.0 Å². The van der Waals surface area contributed by atoms with E-state index in [2.05, 4.69) is 31.2 Å². The van der Waals surface area contributed by atoms with Crippen molar-refractivity contribution in [3.8, 4) is 5.75 Å². The first kappa shape index (κ1) is 35.3. The summed E-state index contributed by atoms with van der Waals surface area (Å²) in [6.45, 7) is 9.97. The molecule has 0 amide bonds. The van der Waals surface area contributed by atoms with E-state index in [-0.39, 0.29) is 12.6 Å². The highest BCUT2D eigenvalue weighted by Gasteiger charge is 2.00. The lowest BCUT2D eigenvalue weighted by Crippen LogP contribution is -2.15. The molecule has 0 bridgehead atoms. The molecule has 1 aromatic rings. The van der Waals surface area contributed by atoms with Crippen LogP contribution in [-0.4, -0.2) is 85.3 Å². The molecular weight excluding hydrogens is 500 g/mol. The fourth-order valence-electron chi connectivity index (χ4n) is 3.73. The summed E-state index contributed by atoms with van der Waals surface area (Å²) in [6.07, 6.45) is 11.8. The smallest absolute Gasteiger partial charge is 0.305 e. The molecule has 39 heavy (non-hydrogen) atoms. The van der Waals surface area contributed by atoms with Crippen LogP contribution in [-0.2, 0) is 39.6 Å². The van der Waals surface area contributed by atoms with Gasteiger partial charge in [-0.15, -0.1) is 0 Å². The largest absolute Gasteiger partial charge is 0.491 e. The summed E-state index contributed by atoms with van der Waals surface area (Å²) in [6, 6.07) is 8.44. The quantitative estimate of drug-likeness (QED) is 0.0910. The van der Waals surface area contributed by atoms with Gasteiger partial charge in [-0.1, -0.05) is 64.5 Å². The highest BCUT2D eigenvalue weighted by Crippen LogP contribution is 2.15. The van der Waals surface area contributed by atoms with Crippen molar-refractivity contribution in [2.45, 2.75) is 78.1 Å². The number of hydrogen-bond donors (Lipinski definition) is 0. The molecule has 0 spiro atoms.